The standard InChI is InChI=1S/C19H17N3O2/c1-13-7-12-17(18(23)20-13)19(24)22-16-10-8-15(9-11-16)21-14-5-3-2-4-6-14/h2-12,21H,1H3,(H,20,23)(H,22,24). The predicted molar refractivity (Wildman–Crippen MR) is 95.9 cm³/mol. The molecule has 0 aliphatic carbocycles. The van der Waals surface area contributed by atoms with Crippen LogP contribution in [0.2, 0.25) is 0 Å². The van der Waals surface area contributed by atoms with Gasteiger partial charge in [0.05, 0.1) is 0 Å². The van der Waals surface area contributed by atoms with E-state index in [0.29, 0.717) is 11.4 Å². The minimum Gasteiger partial charge on any atom is -0.356 e. The second kappa shape index (κ2) is 6.83. The Balaban J connectivity index is 1.70. The Labute approximate surface area is 139 Å². The van der Waals surface area contributed by atoms with Crippen LogP contribution in [-0.4, -0.2) is 10.9 Å². The second-order valence-electron chi connectivity index (χ2n) is 5.41. The van der Waals surface area contributed by atoms with E-state index in [1.807, 2.05) is 42.5 Å². The molecule has 0 saturated carbocycles. The number of amides is 1. The normalized spacial score (nSPS) is 10.2. The van der Waals surface area contributed by atoms with Crippen molar-refractivity contribution >= 4 is 23.0 Å². The molecule has 5 nitrogen and oxygen atoms in total. The van der Waals surface area contributed by atoms with Gasteiger partial charge in [-0.25, -0.2) is 0 Å². The summed E-state index contributed by atoms with van der Waals surface area (Å²) in [6, 6.07) is 20.3. The molecule has 0 saturated heterocycles. The maximum absolute atomic E-state index is 12.2. The van der Waals surface area contributed by atoms with Crippen LogP contribution in [0.15, 0.2) is 71.5 Å². The van der Waals surface area contributed by atoms with Crippen LogP contribution in [0.5, 0.6) is 0 Å². The summed E-state index contributed by atoms with van der Waals surface area (Å²) in [5.74, 6) is -0.431. The van der Waals surface area contributed by atoms with Gasteiger partial charge in [0, 0.05) is 22.8 Å². The van der Waals surface area contributed by atoms with Gasteiger partial charge in [0.1, 0.15) is 5.56 Å². The number of carbonyl (C=O) groups is 1. The summed E-state index contributed by atoms with van der Waals surface area (Å²) in [7, 11) is 0. The number of pyridine rings is 1. The van der Waals surface area contributed by atoms with Crippen LogP contribution in [0.1, 0.15) is 16.1 Å². The topological polar surface area (TPSA) is 74.0 Å². The van der Waals surface area contributed by atoms with Gasteiger partial charge in [-0.1, -0.05) is 18.2 Å². The minimum absolute atomic E-state index is 0.0899. The second-order valence-corrected chi connectivity index (χ2v) is 5.41. The molecular weight excluding hydrogens is 302 g/mol. The van der Waals surface area contributed by atoms with E-state index in [1.165, 1.54) is 6.07 Å². The van der Waals surface area contributed by atoms with Crippen molar-refractivity contribution in [1.29, 1.82) is 0 Å². The summed E-state index contributed by atoms with van der Waals surface area (Å²) >= 11 is 0. The lowest BCUT2D eigenvalue weighted by molar-refractivity contribution is 0.102. The Morgan fingerprint density at radius 3 is 2.12 bits per heavy atom. The summed E-state index contributed by atoms with van der Waals surface area (Å²) < 4.78 is 0. The molecule has 0 spiro atoms. The average Bonchev–Trinajstić information content (AvgIpc) is 2.57. The highest BCUT2D eigenvalue weighted by atomic mass is 16.2. The molecule has 2 aromatic carbocycles. The molecule has 120 valence electrons. The van der Waals surface area contributed by atoms with Crippen LogP contribution in [0.25, 0.3) is 0 Å². The van der Waals surface area contributed by atoms with Crippen LogP contribution >= 0.6 is 0 Å². The number of aromatic nitrogens is 1. The third kappa shape index (κ3) is 3.70. The number of rotatable bonds is 4. The molecule has 1 amide bonds. The van der Waals surface area contributed by atoms with Crippen molar-refractivity contribution in [2.75, 3.05) is 10.6 Å². The molecular formula is C19H17N3O2. The van der Waals surface area contributed by atoms with Gasteiger partial charge in [0.25, 0.3) is 11.5 Å². The van der Waals surface area contributed by atoms with Gasteiger partial charge in [-0.05, 0) is 55.5 Å². The lowest BCUT2D eigenvalue weighted by atomic mass is 10.2. The van der Waals surface area contributed by atoms with E-state index < -0.39 is 11.5 Å². The van der Waals surface area contributed by atoms with Crippen molar-refractivity contribution in [3.8, 4) is 0 Å². The zero-order valence-electron chi connectivity index (χ0n) is 13.2. The van der Waals surface area contributed by atoms with Crippen molar-refractivity contribution < 1.29 is 4.79 Å². The van der Waals surface area contributed by atoms with E-state index in [-0.39, 0.29) is 5.56 Å². The molecule has 0 fully saturated rings. The number of nitrogens with one attached hydrogen (secondary N) is 3. The third-order valence-corrected chi connectivity index (χ3v) is 3.51. The fourth-order valence-electron chi connectivity index (χ4n) is 2.27. The predicted octanol–water partition coefficient (Wildman–Crippen LogP) is 3.68. The minimum atomic E-state index is -0.431. The number of aryl methyl sites for hydroxylation is 1. The van der Waals surface area contributed by atoms with Crippen LogP contribution < -0.4 is 16.2 Å². The number of anilines is 3. The number of benzene rings is 2. The zero-order valence-corrected chi connectivity index (χ0v) is 13.2. The van der Waals surface area contributed by atoms with Crippen LogP contribution in [0.4, 0.5) is 17.1 Å². The van der Waals surface area contributed by atoms with Gasteiger partial charge >= 0.3 is 0 Å². The third-order valence-electron chi connectivity index (χ3n) is 3.51. The van der Waals surface area contributed by atoms with Crippen molar-refractivity contribution in [3.63, 3.8) is 0 Å². The number of carbonyl (C=O) groups excluding carboxylic acids is 1. The Morgan fingerprint density at radius 1 is 0.833 bits per heavy atom. The Hall–Kier alpha value is -3.34. The molecule has 3 rings (SSSR count). The highest BCUT2D eigenvalue weighted by molar-refractivity contribution is 6.04. The highest BCUT2D eigenvalue weighted by Gasteiger charge is 2.10. The number of aromatic amines is 1. The summed E-state index contributed by atoms with van der Waals surface area (Å²) in [6.07, 6.45) is 0. The number of H-pyrrole nitrogens is 1. The maximum Gasteiger partial charge on any atom is 0.261 e. The Bertz CT molecular complexity index is 900. The number of para-hydroxylation sites is 1. The molecule has 0 unspecified atom stereocenters. The van der Waals surface area contributed by atoms with E-state index >= 15 is 0 Å². The van der Waals surface area contributed by atoms with E-state index in [2.05, 4.69) is 15.6 Å². The first-order chi connectivity index (χ1) is 11.6. The van der Waals surface area contributed by atoms with E-state index in [4.69, 9.17) is 0 Å². The van der Waals surface area contributed by atoms with Gasteiger partial charge in [0.2, 0.25) is 0 Å². The van der Waals surface area contributed by atoms with Crippen LogP contribution in [0.3, 0.4) is 0 Å². The lowest BCUT2D eigenvalue weighted by Crippen LogP contribution is -2.23. The largest absolute Gasteiger partial charge is 0.356 e. The Morgan fingerprint density at radius 2 is 1.46 bits per heavy atom. The van der Waals surface area contributed by atoms with Gasteiger partial charge < -0.3 is 15.6 Å². The van der Waals surface area contributed by atoms with E-state index in [1.54, 1.807) is 25.1 Å². The number of hydrogen-bond donors (Lipinski definition) is 3. The average molecular weight is 319 g/mol. The molecule has 1 aromatic heterocycles. The van der Waals surface area contributed by atoms with Gasteiger partial charge in [-0.3, -0.25) is 9.59 Å². The molecule has 1 heterocycles. The first-order valence-electron chi connectivity index (χ1n) is 7.55. The molecule has 24 heavy (non-hydrogen) atoms. The Kier molecular flexibility index (Phi) is 4.43. The lowest BCUT2D eigenvalue weighted by Gasteiger charge is -2.08. The van der Waals surface area contributed by atoms with Gasteiger partial charge in [-0.2, -0.15) is 0 Å². The monoisotopic (exact) mass is 319 g/mol. The SMILES string of the molecule is Cc1ccc(C(=O)Nc2ccc(Nc3ccccc3)cc2)c(=O)[nH]1. The fourth-order valence-corrected chi connectivity index (χ4v) is 2.27. The molecule has 3 N–H and O–H groups in total. The van der Waals surface area contributed by atoms with Crippen molar-refractivity contribution in [2.45, 2.75) is 6.92 Å². The van der Waals surface area contributed by atoms with Crippen molar-refractivity contribution in [3.05, 3.63) is 88.3 Å². The van der Waals surface area contributed by atoms with Gasteiger partial charge in [-0.15, -0.1) is 0 Å². The smallest absolute Gasteiger partial charge is 0.261 e. The molecule has 5 heteroatoms. The number of hydrogen-bond acceptors (Lipinski definition) is 3. The molecule has 0 bridgehead atoms. The van der Waals surface area contributed by atoms with E-state index in [9.17, 15) is 9.59 Å². The zero-order chi connectivity index (χ0) is 16.9. The molecule has 0 atom stereocenters. The van der Waals surface area contributed by atoms with Gasteiger partial charge in [0.15, 0.2) is 0 Å². The highest BCUT2D eigenvalue weighted by Crippen LogP contribution is 2.18. The summed E-state index contributed by atoms with van der Waals surface area (Å²) in [4.78, 5) is 26.6. The molecule has 0 aliphatic rings. The molecule has 0 radical (unpaired) electrons. The van der Waals surface area contributed by atoms with E-state index in [0.717, 1.165) is 11.4 Å². The molecule has 3 aromatic rings. The maximum atomic E-state index is 12.2. The first kappa shape index (κ1) is 15.6. The fraction of sp³-hybridized carbons (Fsp3) is 0.0526. The quantitative estimate of drug-likeness (QED) is 0.687. The van der Waals surface area contributed by atoms with Crippen molar-refractivity contribution in [2.24, 2.45) is 0 Å². The van der Waals surface area contributed by atoms with Crippen LogP contribution in [-0.2, 0) is 0 Å². The summed E-state index contributed by atoms with van der Waals surface area (Å²) in [5.41, 5.74) is 2.93. The first-order valence-corrected chi connectivity index (χ1v) is 7.55. The summed E-state index contributed by atoms with van der Waals surface area (Å²) in [5, 5.41) is 5.99. The van der Waals surface area contributed by atoms with Crippen LogP contribution in [0, 0.1) is 6.92 Å². The molecule has 0 aliphatic heterocycles. The summed E-state index contributed by atoms with van der Waals surface area (Å²) in [6.45, 7) is 1.77. The van der Waals surface area contributed by atoms with Crippen molar-refractivity contribution in [1.82, 2.24) is 4.98 Å².